The molecule has 0 aromatic carbocycles. The normalized spacial score (nSPS) is 15.1. The molecule has 1 aliphatic heterocycles. The summed E-state index contributed by atoms with van der Waals surface area (Å²) in [5.74, 6) is 1.00. The van der Waals surface area contributed by atoms with Gasteiger partial charge in [-0.05, 0) is 22.0 Å². The molecule has 74 valence electrons. The van der Waals surface area contributed by atoms with Crippen molar-refractivity contribution in [1.29, 1.82) is 0 Å². The van der Waals surface area contributed by atoms with Crippen LogP contribution in [0.25, 0.3) is 0 Å². The van der Waals surface area contributed by atoms with Crippen LogP contribution < -0.4 is 10.6 Å². The molecule has 2 rings (SSSR count). The lowest BCUT2D eigenvalue weighted by Crippen LogP contribution is -2.22. The number of aromatic nitrogens is 1. The second kappa shape index (κ2) is 4.11. The number of anilines is 1. The first-order valence-corrected chi connectivity index (χ1v) is 5.35. The van der Waals surface area contributed by atoms with Crippen LogP contribution in [0.2, 0.25) is 0 Å². The van der Waals surface area contributed by atoms with Crippen molar-refractivity contribution < 1.29 is 0 Å². The maximum Gasteiger partial charge on any atom is 0.133 e. The fraction of sp³-hybridized carbons (Fsp3) is 0.300. The first-order chi connectivity index (χ1) is 6.81. The molecule has 0 aliphatic carbocycles. The van der Waals surface area contributed by atoms with Gasteiger partial charge in [0.15, 0.2) is 0 Å². The molecule has 0 radical (unpaired) electrons. The smallest absolute Gasteiger partial charge is 0.133 e. The monoisotopic (exact) mass is 253 g/mol. The van der Waals surface area contributed by atoms with E-state index < -0.39 is 0 Å². The summed E-state index contributed by atoms with van der Waals surface area (Å²) in [6.45, 7) is 2.39. The summed E-state index contributed by atoms with van der Waals surface area (Å²) in [5, 5.41) is 0. The largest absolute Gasteiger partial charge is 0.349 e. The predicted octanol–water partition coefficient (Wildman–Crippen LogP) is 1.68. The molecule has 3 nitrogen and oxygen atoms in total. The van der Waals surface area contributed by atoms with Gasteiger partial charge in [-0.15, -0.1) is 0 Å². The van der Waals surface area contributed by atoms with Gasteiger partial charge in [-0.25, -0.2) is 4.98 Å². The van der Waals surface area contributed by atoms with Gasteiger partial charge in [-0.2, -0.15) is 0 Å². The van der Waals surface area contributed by atoms with Crippen molar-refractivity contribution in [2.24, 2.45) is 5.73 Å². The molecule has 0 fully saturated rings. The number of hydrogen-bond donors (Lipinski definition) is 1. The molecule has 0 spiro atoms. The molecule has 0 saturated carbocycles. The highest BCUT2D eigenvalue weighted by Crippen LogP contribution is 2.22. The van der Waals surface area contributed by atoms with Crippen LogP contribution in [-0.4, -0.2) is 18.1 Å². The summed E-state index contributed by atoms with van der Waals surface area (Å²) in [4.78, 5) is 6.59. The Hall–Kier alpha value is -0.870. The van der Waals surface area contributed by atoms with Crippen LogP contribution in [0.15, 0.2) is 28.9 Å². The van der Waals surface area contributed by atoms with Gasteiger partial charge in [0.1, 0.15) is 5.82 Å². The Morgan fingerprint density at radius 2 is 2.14 bits per heavy atom. The van der Waals surface area contributed by atoms with E-state index in [9.17, 15) is 0 Å². The third-order valence-corrected chi connectivity index (χ3v) is 2.68. The predicted molar refractivity (Wildman–Crippen MR) is 61.2 cm³/mol. The molecule has 1 aromatic rings. The van der Waals surface area contributed by atoms with E-state index in [4.69, 9.17) is 5.73 Å². The van der Waals surface area contributed by atoms with Crippen molar-refractivity contribution >= 4 is 21.7 Å². The Bertz CT molecular complexity index is 354. The average molecular weight is 254 g/mol. The van der Waals surface area contributed by atoms with Crippen molar-refractivity contribution in [2.75, 3.05) is 18.0 Å². The van der Waals surface area contributed by atoms with Gasteiger partial charge >= 0.3 is 0 Å². The first kappa shape index (κ1) is 9.68. The fourth-order valence-electron chi connectivity index (χ4n) is 1.56. The van der Waals surface area contributed by atoms with E-state index in [1.807, 2.05) is 12.3 Å². The Morgan fingerprint density at radius 3 is 2.79 bits per heavy atom. The zero-order valence-corrected chi connectivity index (χ0v) is 9.37. The van der Waals surface area contributed by atoms with E-state index in [1.165, 1.54) is 0 Å². The highest BCUT2D eigenvalue weighted by atomic mass is 79.9. The first-order valence-electron chi connectivity index (χ1n) is 4.55. The number of rotatable bonds is 2. The van der Waals surface area contributed by atoms with Crippen molar-refractivity contribution in [3.8, 4) is 0 Å². The van der Waals surface area contributed by atoms with Crippen LogP contribution in [0, 0.1) is 0 Å². The minimum absolute atomic E-state index is 0.526. The van der Waals surface area contributed by atoms with E-state index in [0.717, 1.165) is 28.9 Å². The van der Waals surface area contributed by atoms with Crippen molar-refractivity contribution in [3.05, 3.63) is 34.5 Å². The van der Waals surface area contributed by atoms with Gasteiger partial charge in [0.2, 0.25) is 0 Å². The third kappa shape index (κ3) is 1.81. The van der Waals surface area contributed by atoms with Crippen LogP contribution in [0.5, 0.6) is 0 Å². The van der Waals surface area contributed by atoms with Crippen LogP contribution in [-0.2, 0) is 6.54 Å². The second-order valence-electron chi connectivity index (χ2n) is 3.22. The van der Waals surface area contributed by atoms with Crippen LogP contribution in [0.1, 0.15) is 5.56 Å². The Balaban J connectivity index is 2.32. The van der Waals surface area contributed by atoms with Crippen LogP contribution in [0.4, 0.5) is 5.82 Å². The van der Waals surface area contributed by atoms with E-state index in [1.54, 1.807) is 0 Å². The summed E-state index contributed by atoms with van der Waals surface area (Å²) in [5.41, 5.74) is 6.77. The molecular formula is C10H12BrN3. The second-order valence-corrected chi connectivity index (χ2v) is 4.13. The summed E-state index contributed by atoms with van der Waals surface area (Å²) < 4.78 is 0.980. The van der Waals surface area contributed by atoms with Crippen molar-refractivity contribution in [3.63, 3.8) is 0 Å². The Kier molecular flexibility index (Phi) is 2.84. The standard InChI is InChI=1S/C10H12BrN3/c11-9-5-8(6-12)10(13-7-9)14-3-1-2-4-14/h1-2,5,7H,3-4,6,12H2. The summed E-state index contributed by atoms with van der Waals surface area (Å²) in [6.07, 6.45) is 6.10. The van der Waals surface area contributed by atoms with Gasteiger partial charge in [0, 0.05) is 35.9 Å². The van der Waals surface area contributed by atoms with E-state index >= 15 is 0 Å². The molecule has 14 heavy (non-hydrogen) atoms. The molecule has 2 N–H and O–H groups in total. The molecule has 1 aliphatic rings. The summed E-state index contributed by atoms with van der Waals surface area (Å²) in [7, 11) is 0. The molecule has 0 saturated heterocycles. The lowest BCUT2D eigenvalue weighted by molar-refractivity contribution is 0.927. The molecule has 0 unspecified atom stereocenters. The highest BCUT2D eigenvalue weighted by molar-refractivity contribution is 9.10. The summed E-state index contributed by atoms with van der Waals surface area (Å²) in [6, 6.07) is 2.03. The van der Waals surface area contributed by atoms with Crippen LogP contribution >= 0.6 is 15.9 Å². The maximum atomic E-state index is 5.68. The highest BCUT2D eigenvalue weighted by Gasteiger charge is 2.12. The number of pyridine rings is 1. The van der Waals surface area contributed by atoms with Crippen LogP contribution in [0.3, 0.4) is 0 Å². The van der Waals surface area contributed by atoms with E-state index in [2.05, 4.69) is 38.0 Å². The molecule has 0 atom stereocenters. The number of nitrogens with two attached hydrogens (primary N) is 1. The Labute approximate surface area is 91.7 Å². The SMILES string of the molecule is NCc1cc(Br)cnc1N1CC=CC1. The van der Waals surface area contributed by atoms with Gasteiger partial charge in [0.05, 0.1) is 0 Å². The van der Waals surface area contributed by atoms with Gasteiger partial charge in [0.25, 0.3) is 0 Å². The minimum Gasteiger partial charge on any atom is -0.349 e. The Morgan fingerprint density at radius 1 is 1.43 bits per heavy atom. The molecule has 1 aromatic heterocycles. The zero-order chi connectivity index (χ0) is 9.97. The van der Waals surface area contributed by atoms with Gasteiger partial charge in [-0.1, -0.05) is 12.2 Å². The fourth-order valence-corrected chi connectivity index (χ4v) is 1.94. The van der Waals surface area contributed by atoms with Crippen molar-refractivity contribution in [1.82, 2.24) is 4.98 Å². The number of hydrogen-bond acceptors (Lipinski definition) is 3. The molecule has 0 bridgehead atoms. The lowest BCUT2D eigenvalue weighted by atomic mass is 10.2. The van der Waals surface area contributed by atoms with Gasteiger partial charge in [-0.3, -0.25) is 0 Å². The van der Waals surface area contributed by atoms with Crippen molar-refractivity contribution in [2.45, 2.75) is 6.54 Å². The van der Waals surface area contributed by atoms with E-state index in [0.29, 0.717) is 6.54 Å². The number of nitrogens with zero attached hydrogens (tertiary/aromatic N) is 2. The quantitative estimate of drug-likeness (QED) is 0.816. The summed E-state index contributed by atoms with van der Waals surface area (Å²) >= 11 is 3.39. The maximum absolute atomic E-state index is 5.68. The molecule has 2 heterocycles. The average Bonchev–Trinajstić information content (AvgIpc) is 2.70. The minimum atomic E-state index is 0.526. The molecular weight excluding hydrogens is 242 g/mol. The van der Waals surface area contributed by atoms with E-state index in [-0.39, 0.29) is 0 Å². The third-order valence-electron chi connectivity index (χ3n) is 2.25. The molecule has 0 amide bonds. The molecule has 4 heteroatoms. The topological polar surface area (TPSA) is 42.1 Å². The lowest BCUT2D eigenvalue weighted by Gasteiger charge is -2.19. The zero-order valence-electron chi connectivity index (χ0n) is 7.78. The van der Waals surface area contributed by atoms with Gasteiger partial charge < -0.3 is 10.6 Å². The number of halogens is 1.